The fourth-order valence-electron chi connectivity index (χ4n) is 4.33. The van der Waals surface area contributed by atoms with Gasteiger partial charge in [0.15, 0.2) is 0 Å². The Balaban J connectivity index is 1.93. The first-order valence-corrected chi connectivity index (χ1v) is 10.7. The molecule has 0 spiro atoms. The molecule has 0 aromatic carbocycles. The van der Waals surface area contributed by atoms with E-state index in [4.69, 9.17) is 0 Å². The molecule has 26 heavy (non-hydrogen) atoms. The number of alkyl halides is 1. The van der Waals surface area contributed by atoms with Gasteiger partial charge in [0.1, 0.15) is 12.0 Å². The first kappa shape index (κ1) is 21.1. The molecule has 0 nitrogen and oxygen atoms in total. The fourth-order valence-corrected chi connectivity index (χ4v) is 4.33. The van der Waals surface area contributed by atoms with Crippen LogP contribution in [0.3, 0.4) is 0 Å². The minimum atomic E-state index is -1.23. The second-order valence-electron chi connectivity index (χ2n) is 7.94. The predicted octanol–water partition coefficient (Wildman–Crippen LogP) is 8.18. The average molecular weight is 363 g/mol. The Morgan fingerprint density at radius 1 is 1.00 bits per heavy atom. The Bertz CT molecular complexity index is 540. The van der Waals surface area contributed by atoms with Crippen molar-refractivity contribution in [2.24, 2.45) is 11.3 Å². The van der Waals surface area contributed by atoms with Crippen LogP contribution in [0.15, 0.2) is 47.9 Å². The van der Waals surface area contributed by atoms with Gasteiger partial charge in [0.25, 0.3) is 0 Å². The van der Waals surface area contributed by atoms with Crippen LogP contribution >= 0.6 is 0 Å². The highest BCUT2D eigenvalue weighted by atomic mass is 19.1. The van der Waals surface area contributed by atoms with Crippen molar-refractivity contribution < 1.29 is 8.78 Å². The minimum Gasteiger partial charge on any atom is -0.242 e. The summed E-state index contributed by atoms with van der Waals surface area (Å²) in [5.41, 5.74) is 0.345. The molecule has 0 aromatic rings. The van der Waals surface area contributed by atoms with E-state index in [-0.39, 0.29) is 11.7 Å². The second kappa shape index (κ2) is 10.8. The predicted molar refractivity (Wildman–Crippen MR) is 109 cm³/mol. The third-order valence-corrected chi connectivity index (χ3v) is 6.06. The molecular formula is C24H36F2. The van der Waals surface area contributed by atoms with E-state index in [1.54, 1.807) is 0 Å². The lowest BCUT2D eigenvalue weighted by molar-refractivity contribution is 0.0867. The maximum Gasteiger partial charge on any atom is 0.131 e. The highest BCUT2D eigenvalue weighted by Crippen LogP contribution is 2.51. The van der Waals surface area contributed by atoms with E-state index in [0.717, 1.165) is 25.7 Å². The third kappa shape index (κ3) is 5.18. The third-order valence-electron chi connectivity index (χ3n) is 6.06. The lowest BCUT2D eigenvalue weighted by Gasteiger charge is -2.42. The molecule has 2 heteroatoms. The summed E-state index contributed by atoms with van der Waals surface area (Å²) < 4.78 is 29.7. The number of rotatable bonds is 11. The summed E-state index contributed by atoms with van der Waals surface area (Å²) in [5, 5.41) is 0. The molecule has 146 valence electrons. The Morgan fingerprint density at radius 3 is 2.38 bits per heavy atom. The monoisotopic (exact) mass is 362 g/mol. The van der Waals surface area contributed by atoms with Crippen molar-refractivity contribution in [3.05, 3.63) is 47.9 Å². The first-order valence-electron chi connectivity index (χ1n) is 10.7. The molecule has 0 heterocycles. The van der Waals surface area contributed by atoms with Crippen LogP contribution in [0.5, 0.6) is 0 Å². The summed E-state index contributed by atoms with van der Waals surface area (Å²) >= 11 is 0. The molecule has 0 N–H and O–H groups in total. The Kier molecular flexibility index (Phi) is 8.81. The molecule has 0 aromatic heterocycles. The lowest BCUT2D eigenvalue weighted by Crippen LogP contribution is -2.40. The molecule has 2 aliphatic carbocycles. The first-order chi connectivity index (χ1) is 12.6. The maximum atomic E-state index is 14.9. The van der Waals surface area contributed by atoms with Crippen molar-refractivity contribution in [1.29, 1.82) is 0 Å². The standard InChI is InChI=1S/C24H36F2/c1-3-5-7-8-9-10-12-20-15-17-21(18-16-20)24(19-6-4-2)22(25)13-11-14-23(24)26/h11,13-17,21-22H,3-10,12,18-19H2,1-2H3. The van der Waals surface area contributed by atoms with E-state index in [1.807, 2.05) is 0 Å². The number of unbranched alkanes of at least 4 members (excludes halogenated alkanes) is 6. The van der Waals surface area contributed by atoms with Gasteiger partial charge in [-0.15, -0.1) is 0 Å². The summed E-state index contributed by atoms with van der Waals surface area (Å²) in [5.74, 6) is -0.359. The van der Waals surface area contributed by atoms with Crippen LogP contribution in [0.25, 0.3) is 0 Å². The molecule has 0 bridgehead atoms. The van der Waals surface area contributed by atoms with E-state index in [1.165, 1.54) is 62.3 Å². The average Bonchev–Trinajstić information content (AvgIpc) is 2.65. The largest absolute Gasteiger partial charge is 0.242 e. The SMILES string of the molecule is CCCCCCCCC1=CCC(C2(CCCC)C(F)=CC=CC2F)C=C1. The van der Waals surface area contributed by atoms with Crippen molar-refractivity contribution >= 4 is 0 Å². The summed E-state index contributed by atoms with van der Waals surface area (Å²) in [7, 11) is 0. The van der Waals surface area contributed by atoms with Crippen molar-refractivity contribution in [1.82, 2.24) is 0 Å². The van der Waals surface area contributed by atoms with E-state index in [0.29, 0.717) is 6.42 Å². The van der Waals surface area contributed by atoms with Crippen LogP contribution in [0, 0.1) is 11.3 Å². The molecule has 0 amide bonds. The van der Waals surface area contributed by atoms with Crippen LogP contribution in [0.2, 0.25) is 0 Å². The zero-order chi connectivity index (χ0) is 18.8. The number of hydrogen-bond acceptors (Lipinski definition) is 0. The number of hydrogen-bond donors (Lipinski definition) is 0. The Labute approximate surface area is 159 Å². The van der Waals surface area contributed by atoms with E-state index in [2.05, 4.69) is 32.1 Å². The van der Waals surface area contributed by atoms with Crippen LogP contribution in [-0.4, -0.2) is 6.17 Å². The number of halogens is 2. The van der Waals surface area contributed by atoms with Crippen LogP contribution in [-0.2, 0) is 0 Å². The smallest absolute Gasteiger partial charge is 0.131 e. The van der Waals surface area contributed by atoms with Gasteiger partial charge in [0.2, 0.25) is 0 Å². The van der Waals surface area contributed by atoms with Gasteiger partial charge in [0.05, 0.1) is 5.41 Å². The van der Waals surface area contributed by atoms with Gasteiger partial charge in [0, 0.05) is 0 Å². The highest BCUT2D eigenvalue weighted by Gasteiger charge is 2.48. The number of allylic oxidation sites excluding steroid dienone is 8. The quantitative estimate of drug-likeness (QED) is 0.325. The van der Waals surface area contributed by atoms with Crippen LogP contribution in [0.4, 0.5) is 8.78 Å². The summed E-state index contributed by atoms with van der Waals surface area (Å²) in [6.45, 7) is 4.32. The summed E-state index contributed by atoms with van der Waals surface area (Å²) in [4.78, 5) is 0. The van der Waals surface area contributed by atoms with Crippen LogP contribution < -0.4 is 0 Å². The van der Waals surface area contributed by atoms with Crippen molar-refractivity contribution in [3.8, 4) is 0 Å². The van der Waals surface area contributed by atoms with Gasteiger partial charge in [-0.25, -0.2) is 8.78 Å². The molecular weight excluding hydrogens is 326 g/mol. The van der Waals surface area contributed by atoms with Crippen molar-refractivity contribution in [2.45, 2.75) is 90.6 Å². The van der Waals surface area contributed by atoms with Gasteiger partial charge in [-0.2, -0.15) is 0 Å². The molecule has 0 fully saturated rings. The minimum absolute atomic E-state index is 0.0847. The van der Waals surface area contributed by atoms with Gasteiger partial charge >= 0.3 is 0 Å². The Hall–Kier alpha value is -1.18. The summed E-state index contributed by atoms with van der Waals surface area (Å²) in [6.07, 6.45) is 21.7. The van der Waals surface area contributed by atoms with E-state index >= 15 is 0 Å². The maximum absolute atomic E-state index is 14.9. The highest BCUT2D eigenvalue weighted by molar-refractivity contribution is 5.33. The molecule has 0 saturated heterocycles. The molecule has 3 atom stereocenters. The fraction of sp³-hybridized carbons (Fsp3) is 0.667. The molecule has 0 saturated carbocycles. The van der Waals surface area contributed by atoms with Gasteiger partial charge in [-0.1, -0.05) is 88.7 Å². The van der Waals surface area contributed by atoms with E-state index < -0.39 is 11.6 Å². The topological polar surface area (TPSA) is 0 Å². The Morgan fingerprint density at radius 2 is 1.73 bits per heavy atom. The van der Waals surface area contributed by atoms with Crippen molar-refractivity contribution in [2.75, 3.05) is 0 Å². The van der Waals surface area contributed by atoms with Gasteiger partial charge < -0.3 is 0 Å². The molecule has 2 rings (SSSR count). The zero-order valence-corrected chi connectivity index (χ0v) is 16.7. The van der Waals surface area contributed by atoms with Gasteiger partial charge in [-0.3, -0.25) is 0 Å². The zero-order valence-electron chi connectivity index (χ0n) is 16.7. The molecule has 2 aliphatic rings. The second-order valence-corrected chi connectivity index (χ2v) is 7.94. The van der Waals surface area contributed by atoms with Crippen LogP contribution in [0.1, 0.15) is 84.5 Å². The summed E-state index contributed by atoms with van der Waals surface area (Å²) in [6, 6.07) is 0. The lowest BCUT2D eigenvalue weighted by atomic mass is 9.64. The van der Waals surface area contributed by atoms with Gasteiger partial charge in [-0.05, 0) is 43.8 Å². The molecule has 0 radical (unpaired) electrons. The van der Waals surface area contributed by atoms with E-state index in [9.17, 15) is 8.78 Å². The normalized spacial score (nSPS) is 28.2. The molecule has 0 aliphatic heterocycles. The van der Waals surface area contributed by atoms with Crippen molar-refractivity contribution in [3.63, 3.8) is 0 Å². The molecule has 3 unspecified atom stereocenters.